The molecule has 0 N–H and O–H groups in total. The van der Waals surface area contributed by atoms with Gasteiger partial charge in [0, 0.05) is 16.7 Å². The van der Waals surface area contributed by atoms with Gasteiger partial charge in [0.15, 0.2) is 0 Å². The molecule has 0 aliphatic heterocycles. The monoisotopic (exact) mass is 308 g/mol. The molecule has 2 rings (SSSR count). The van der Waals surface area contributed by atoms with E-state index in [-0.39, 0.29) is 6.10 Å². The van der Waals surface area contributed by atoms with Gasteiger partial charge in [0.25, 0.3) is 0 Å². The SMILES string of the molecule is CCOC(c1ccc(Cl)cc1C)c1ccc(Cl)cc1C. The number of halogens is 2. The third kappa shape index (κ3) is 3.35. The van der Waals surface area contributed by atoms with Crippen LogP contribution in [-0.4, -0.2) is 6.61 Å². The minimum absolute atomic E-state index is 0.0884. The van der Waals surface area contributed by atoms with E-state index in [1.165, 1.54) is 0 Å². The van der Waals surface area contributed by atoms with E-state index in [0.717, 1.165) is 32.3 Å². The number of hydrogen-bond donors (Lipinski definition) is 0. The average Bonchev–Trinajstić information content (AvgIpc) is 2.37. The number of rotatable bonds is 4. The van der Waals surface area contributed by atoms with Crippen LogP contribution in [0.2, 0.25) is 10.0 Å². The van der Waals surface area contributed by atoms with Gasteiger partial charge in [-0.05, 0) is 67.3 Å². The molecule has 0 spiro atoms. The number of benzene rings is 2. The lowest BCUT2D eigenvalue weighted by atomic mass is 9.94. The Morgan fingerprint density at radius 2 is 1.35 bits per heavy atom. The summed E-state index contributed by atoms with van der Waals surface area (Å²) in [6, 6.07) is 11.8. The molecule has 0 aliphatic carbocycles. The van der Waals surface area contributed by atoms with E-state index in [4.69, 9.17) is 27.9 Å². The molecule has 0 unspecified atom stereocenters. The Kier molecular flexibility index (Phi) is 5.09. The minimum Gasteiger partial charge on any atom is -0.369 e. The lowest BCUT2D eigenvalue weighted by Crippen LogP contribution is -2.09. The molecule has 0 aromatic heterocycles. The molecule has 0 fully saturated rings. The van der Waals surface area contributed by atoms with Crippen LogP contribution in [0.25, 0.3) is 0 Å². The van der Waals surface area contributed by atoms with Gasteiger partial charge in [-0.2, -0.15) is 0 Å². The Hall–Kier alpha value is -1.02. The maximum absolute atomic E-state index is 6.04. The fourth-order valence-electron chi connectivity index (χ4n) is 2.38. The molecule has 20 heavy (non-hydrogen) atoms. The first-order valence-corrected chi connectivity index (χ1v) is 7.42. The van der Waals surface area contributed by atoms with Crippen LogP contribution >= 0.6 is 23.2 Å². The van der Waals surface area contributed by atoms with E-state index in [1.807, 2.05) is 43.3 Å². The summed E-state index contributed by atoms with van der Waals surface area (Å²) >= 11 is 12.1. The Labute approximate surface area is 130 Å². The third-order valence-corrected chi connectivity index (χ3v) is 3.83. The van der Waals surface area contributed by atoms with E-state index in [0.29, 0.717) is 6.61 Å². The molecule has 0 atom stereocenters. The van der Waals surface area contributed by atoms with Gasteiger partial charge in [-0.25, -0.2) is 0 Å². The molecule has 2 aromatic carbocycles. The average molecular weight is 309 g/mol. The van der Waals surface area contributed by atoms with E-state index >= 15 is 0 Å². The zero-order valence-electron chi connectivity index (χ0n) is 11.9. The molecule has 0 heterocycles. The van der Waals surface area contributed by atoms with Gasteiger partial charge < -0.3 is 4.74 Å². The highest BCUT2D eigenvalue weighted by atomic mass is 35.5. The van der Waals surface area contributed by atoms with Gasteiger partial charge in [0.05, 0.1) is 0 Å². The fraction of sp³-hybridized carbons (Fsp3) is 0.294. The standard InChI is InChI=1S/C17H18Cl2O/c1-4-20-17(15-7-5-13(18)9-11(15)2)16-8-6-14(19)10-12(16)3/h5-10,17H,4H2,1-3H3. The van der Waals surface area contributed by atoms with Crippen molar-refractivity contribution in [3.8, 4) is 0 Å². The first kappa shape index (κ1) is 15.4. The van der Waals surface area contributed by atoms with Crippen molar-refractivity contribution in [2.75, 3.05) is 6.61 Å². The molecular weight excluding hydrogens is 291 g/mol. The quantitative estimate of drug-likeness (QED) is 0.700. The zero-order valence-corrected chi connectivity index (χ0v) is 13.4. The molecule has 0 saturated heterocycles. The Bertz CT molecular complexity index is 556. The summed E-state index contributed by atoms with van der Waals surface area (Å²) in [6.45, 7) is 6.76. The first-order valence-electron chi connectivity index (χ1n) is 6.66. The number of ether oxygens (including phenoxy) is 1. The van der Waals surface area contributed by atoms with Gasteiger partial charge >= 0.3 is 0 Å². The molecule has 0 saturated carbocycles. The highest BCUT2D eigenvalue weighted by Crippen LogP contribution is 2.32. The van der Waals surface area contributed by atoms with Crippen LogP contribution in [0.4, 0.5) is 0 Å². The van der Waals surface area contributed by atoms with Crippen LogP contribution < -0.4 is 0 Å². The van der Waals surface area contributed by atoms with Crippen molar-refractivity contribution < 1.29 is 4.74 Å². The Morgan fingerprint density at radius 1 is 0.900 bits per heavy atom. The summed E-state index contributed by atoms with van der Waals surface area (Å²) < 4.78 is 5.97. The van der Waals surface area contributed by atoms with Gasteiger partial charge in [-0.1, -0.05) is 35.3 Å². The Morgan fingerprint density at radius 3 is 1.70 bits per heavy atom. The summed E-state index contributed by atoms with van der Waals surface area (Å²) in [5.41, 5.74) is 4.54. The van der Waals surface area contributed by atoms with Gasteiger partial charge in [-0.3, -0.25) is 0 Å². The van der Waals surface area contributed by atoms with Gasteiger partial charge in [0.2, 0.25) is 0 Å². The van der Waals surface area contributed by atoms with E-state index in [2.05, 4.69) is 13.8 Å². The lowest BCUT2D eigenvalue weighted by molar-refractivity contribution is 0.0905. The molecule has 0 aliphatic rings. The Balaban J connectivity index is 2.50. The van der Waals surface area contributed by atoms with Crippen LogP contribution in [0.5, 0.6) is 0 Å². The van der Waals surface area contributed by atoms with Crippen molar-refractivity contribution in [3.05, 3.63) is 68.7 Å². The van der Waals surface area contributed by atoms with E-state index < -0.39 is 0 Å². The van der Waals surface area contributed by atoms with Crippen LogP contribution in [0.1, 0.15) is 35.3 Å². The predicted molar refractivity (Wildman–Crippen MR) is 85.8 cm³/mol. The van der Waals surface area contributed by atoms with Crippen molar-refractivity contribution in [1.82, 2.24) is 0 Å². The summed E-state index contributed by atoms with van der Waals surface area (Å²) in [5, 5.41) is 1.49. The van der Waals surface area contributed by atoms with Crippen LogP contribution in [0, 0.1) is 13.8 Å². The molecule has 0 radical (unpaired) electrons. The smallest absolute Gasteiger partial charge is 0.108 e. The summed E-state index contributed by atoms with van der Waals surface area (Å²) in [5.74, 6) is 0. The molecule has 106 valence electrons. The molecule has 0 amide bonds. The normalized spacial score (nSPS) is 11.1. The van der Waals surface area contributed by atoms with Crippen LogP contribution in [-0.2, 0) is 4.74 Å². The van der Waals surface area contributed by atoms with Crippen LogP contribution in [0.15, 0.2) is 36.4 Å². The maximum atomic E-state index is 6.04. The number of hydrogen-bond acceptors (Lipinski definition) is 1. The third-order valence-electron chi connectivity index (χ3n) is 3.36. The van der Waals surface area contributed by atoms with Crippen LogP contribution in [0.3, 0.4) is 0 Å². The topological polar surface area (TPSA) is 9.23 Å². The second-order valence-electron chi connectivity index (χ2n) is 4.84. The highest BCUT2D eigenvalue weighted by Gasteiger charge is 2.18. The maximum Gasteiger partial charge on any atom is 0.108 e. The molecule has 1 nitrogen and oxygen atoms in total. The van der Waals surface area contributed by atoms with Gasteiger partial charge in [-0.15, -0.1) is 0 Å². The van der Waals surface area contributed by atoms with Crippen molar-refractivity contribution >= 4 is 23.2 Å². The number of aryl methyl sites for hydroxylation is 2. The summed E-state index contributed by atoms with van der Waals surface area (Å²) in [4.78, 5) is 0. The predicted octanol–water partition coefficient (Wildman–Crippen LogP) is 5.74. The molecule has 0 bridgehead atoms. The first-order chi connectivity index (χ1) is 9.52. The highest BCUT2D eigenvalue weighted by molar-refractivity contribution is 6.31. The second kappa shape index (κ2) is 6.62. The van der Waals surface area contributed by atoms with Crippen molar-refractivity contribution in [2.45, 2.75) is 26.9 Å². The van der Waals surface area contributed by atoms with E-state index in [9.17, 15) is 0 Å². The molecular formula is C17H18Cl2O. The molecule has 2 aromatic rings. The van der Waals surface area contributed by atoms with Crippen molar-refractivity contribution in [3.63, 3.8) is 0 Å². The lowest BCUT2D eigenvalue weighted by Gasteiger charge is -2.22. The summed E-state index contributed by atoms with van der Waals surface area (Å²) in [6.07, 6.45) is -0.0884. The fourth-order valence-corrected chi connectivity index (χ4v) is 2.83. The zero-order chi connectivity index (χ0) is 14.7. The van der Waals surface area contributed by atoms with Crippen molar-refractivity contribution in [2.24, 2.45) is 0 Å². The second-order valence-corrected chi connectivity index (χ2v) is 5.71. The van der Waals surface area contributed by atoms with Crippen molar-refractivity contribution in [1.29, 1.82) is 0 Å². The summed E-state index contributed by atoms with van der Waals surface area (Å²) in [7, 11) is 0. The van der Waals surface area contributed by atoms with Gasteiger partial charge in [0.1, 0.15) is 6.10 Å². The minimum atomic E-state index is -0.0884. The largest absolute Gasteiger partial charge is 0.369 e. The van der Waals surface area contributed by atoms with E-state index in [1.54, 1.807) is 0 Å². The molecule has 3 heteroatoms.